The number of nitrogens with one attached hydrogen (secondary N) is 4. The Kier molecular flexibility index (Phi) is 19.1. The summed E-state index contributed by atoms with van der Waals surface area (Å²) in [6, 6.07) is 20.1. The molecule has 3 aliphatic heterocycles. The molecule has 4 aliphatic rings. The molecule has 19 nitrogen and oxygen atoms in total. The summed E-state index contributed by atoms with van der Waals surface area (Å²) in [5, 5.41) is 53.9. The van der Waals surface area contributed by atoms with Crippen molar-refractivity contribution in [3.8, 4) is 22.9 Å². The zero-order valence-corrected chi connectivity index (χ0v) is 48.9. The van der Waals surface area contributed by atoms with E-state index >= 15 is 0 Å². The van der Waals surface area contributed by atoms with E-state index in [1.54, 1.807) is 61.0 Å². The number of likely N-dealkylation sites (tertiary alicyclic amines) is 1. The van der Waals surface area contributed by atoms with E-state index in [2.05, 4.69) is 10.2 Å². The lowest BCUT2D eigenvalue weighted by Gasteiger charge is -2.32. The summed E-state index contributed by atoms with van der Waals surface area (Å²) in [5.74, 6) is -5.18. The highest BCUT2D eigenvalue weighted by Crippen LogP contribution is 2.42. The number of nitrogens with zero attached hydrogens (tertiary/aromatic N) is 4. The SMILES string of the molecule is CC.CC(C)c1cc(C(=N)N(C(=N)C(=O)NCC(F)(F)F)c2ccc(CC3CCN(Cc4ccc(CNC(=O)OC(C)(C)C(N)=O)cc4)CC3)cc2)c(O)cc1O.Cc1c(F)cc2nc3c(c4c2c1CCC4)Cn1c-3cc2c(c1=O)COC(=O)C2O. The van der Waals surface area contributed by atoms with Gasteiger partial charge in [-0.25, -0.2) is 19.0 Å². The van der Waals surface area contributed by atoms with Gasteiger partial charge in [-0.3, -0.25) is 35.0 Å². The molecule has 0 spiro atoms. The number of phenolic OH excluding ortho intramolecular Hbond substituents is 2. The number of ether oxygens (including phenoxy) is 2. The second-order valence-electron chi connectivity index (χ2n) is 22.4. The number of rotatable bonds is 12. The number of aryl methyl sites for hydroxylation is 2. The number of pyridine rings is 2. The molecular formula is C63H71F4N9O10. The first-order valence-corrected chi connectivity index (χ1v) is 28.5. The van der Waals surface area contributed by atoms with E-state index in [1.165, 1.54) is 26.0 Å². The maximum Gasteiger partial charge on any atom is 0.408 e. The van der Waals surface area contributed by atoms with E-state index < -0.39 is 65.7 Å². The van der Waals surface area contributed by atoms with E-state index in [9.17, 15) is 56.9 Å². The Hall–Kier alpha value is -8.70. The molecule has 0 radical (unpaired) electrons. The first-order valence-electron chi connectivity index (χ1n) is 28.5. The number of aliphatic hydroxyl groups excluding tert-OH is 1. The van der Waals surface area contributed by atoms with Crippen LogP contribution < -0.4 is 26.8 Å². The minimum absolute atomic E-state index is 0.122. The van der Waals surface area contributed by atoms with Gasteiger partial charge in [-0.05, 0) is 147 Å². The molecule has 3 amide bonds. The number of nitrogens with two attached hydrogens (primary N) is 1. The van der Waals surface area contributed by atoms with Crippen molar-refractivity contribution < 1.29 is 61.5 Å². The van der Waals surface area contributed by atoms with Crippen LogP contribution in [0.4, 0.5) is 28.0 Å². The number of esters is 1. The predicted molar refractivity (Wildman–Crippen MR) is 315 cm³/mol. The fourth-order valence-electron chi connectivity index (χ4n) is 11.1. The number of fused-ring (bicyclic) bond motifs is 5. The molecule has 9 N–H and O–H groups in total. The summed E-state index contributed by atoms with van der Waals surface area (Å²) in [6.45, 7) is 13.5. The third kappa shape index (κ3) is 13.7. The van der Waals surface area contributed by atoms with Gasteiger partial charge in [-0.2, -0.15) is 13.2 Å². The number of halogens is 4. The number of aromatic hydroxyl groups is 2. The predicted octanol–water partition coefficient (Wildman–Crippen LogP) is 9.13. The molecule has 0 bridgehead atoms. The van der Waals surface area contributed by atoms with Crippen LogP contribution in [-0.4, -0.2) is 96.7 Å². The number of primary amides is 1. The molecule has 4 aromatic carbocycles. The van der Waals surface area contributed by atoms with Crippen LogP contribution in [0.3, 0.4) is 0 Å². The molecule has 23 heteroatoms. The lowest BCUT2D eigenvalue weighted by molar-refractivity contribution is -0.157. The van der Waals surface area contributed by atoms with Crippen molar-refractivity contribution in [3.63, 3.8) is 0 Å². The van der Waals surface area contributed by atoms with Gasteiger partial charge in [0.2, 0.25) is 0 Å². The number of alkyl halides is 3. The highest BCUT2D eigenvalue weighted by atomic mass is 19.4. The second-order valence-corrected chi connectivity index (χ2v) is 22.4. The first-order chi connectivity index (χ1) is 40.7. The Morgan fingerprint density at radius 3 is 2.16 bits per heavy atom. The van der Waals surface area contributed by atoms with Crippen molar-refractivity contribution in [2.75, 3.05) is 24.5 Å². The van der Waals surface area contributed by atoms with Gasteiger partial charge in [0.1, 0.15) is 36.3 Å². The average Bonchev–Trinajstić information content (AvgIpc) is 1.51. The van der Waals surface area contributed by atoms with Crippen LogP contribution in [0, 0.1) is 29.5 Å². The van der Waals surface area contributed by atoms with E-state index in [-0.39, 0.29) is 53.0 Å². The minimum atomic E-state index is -4.72. The molecule has 10 rings (SSSR count). The van der Waals surface area contributed by atoms with Crippen molar-refractivity contribution in [2.24, 2.45) is 11.7 Å². The second kappa shape index (κ2) is 25.9. The number of cyclic esters (lactones) is 1. The van der Waals surface area contributed by atoms with Crippen molar-refractivity contribution in [3.05, 3.63) is 150 Å². The Morgan fingerprint density at radius 2 is 1.52 bits per heavy atom. The van der Waals surface area contributed by atoms with E-state index in [4.69, 9.17) is 31.0 Å². The van der Waals surface area contributed by atoms with Crippen LogP contribution in [0.15, 0.2) is 77.6 Å². The normalized spacial score (nSPS) is 15.4. The Morgan fingerprint density at radius 1 is 0.884 bits per heavy atom. The summed E-state index contributed by atoms with van der Waals surface area (Å²) in [4.78, 5) is 69.0. The highest BCUT2D eigenvalue weighted by Gasteiger charge is 2.37. The number of hydrogen-bond donors (Lipinski definition) is 8. The zero-order valence-electron chi connectivity index (χ0n) is 48.9. The molecule has 86 heavy (non-hydrogen) atoms. The summed E-state index contributed by atoms with van der Waals surface area (Å²) < 4.78 is 64.8. The highest BCUT2D eigenvalue weighted by molar-refractivity contribution is 6.48. The number of benzene rings is 4. The molecule has 6 aromatic rings. The topological polar surface area (TPSA) is 287 Å². The average molecular weight is 1190 g/mol. The fraction of sp³-hybridized carbons (Fsp3) is 0.397. The summed E-state index contributed by atoms with van der Waals surface area (Å²) in [5.41, 5.74) is 13.1. The monoisotopic (exact) mass is 1190 g/mol. The smallest absolute Gasteiger partial charge is 0.408 e. The van der Waals surface area contributed by atoms with Crippen LogP contribution in [-0.2, 0) is 69.4 Å². The Labute approximate surface area is 494 Å². The summed E-state index contributed by atoms with van der Waals surface area (Å²) >= 11 is 0. The van der Waals surface area contributed by atoms with Gasteiger partial charge < -0.3 is 45.7 Å². The number of hydrogen-bond acceptors (Lipinski definition) is 14. The third-order valence-corrected chi connectivity index (χ3v) is 15.9. The van der Waals surface area contributed by atoms with Crippen LogP contribution in [0.25, 0.3) is 22.3 Å². The molecule has 2 aromatic heterocycles. The number of carbonyl (C=O) groups excluding carboxylic acids is 4. The van der Waals surface area contributed by atoms with Crippen molar-refractivity contribution >= 4 is 52.1 Å². The third-order valence-electron chi connectivity index (χ3n) is 15.9. The molecule has 1 fully saturated rings. The Bertz CT molecular complexity index is 3690. The van der Waals surface area contributed by atoms with E-state index in [0.717, 1.165) is 108 Å². The largest absolute Gasteiger partial charge is 0.508 e. The molecule has 1 atom stereocenters. The molecule has 456 valence electrons. The summed E-state index contributed by atoms with van der Waals surface area (Å²) in [7, 11) is 0. The molecule has 1 saturated heterocycles. The fourth-order valence-corrected chi connectivity index (χ4v) is 11.1. The maximum absolute atomic E-state index is 14.5. The lowest BCUT2D eigenvalue weighted by Crippen LogP contribution is -2.48. The van der Waals surface area contributed by atoms with Crippen molar-refractivity contribution in [1.82, 2.24) is 25.1 Å². The number of carbonyl (C=O) groups is 4. The van der Waals surface area contributed by atoms with Gasteiger partial charge in [0.05, 0.1) is 34.6 Å². The van der Waals surface area contributed by atoms with Gasteiger partial charge in [0.15, 0.2) is 17.5 Å². The van der Waals surface area contributed by atoms with Crippen molar-refractivity contribution in [1.29, 1.82) is 10.8 Å². The van der Waals surface area contributed by atoms with Crippen LogP contribution >= 0.6 is 0 Å². The number of amides is 3. The van der Waals surface area contributed by atoms with E-state index in [0.29, 0.717) is 46.1 Å². The zero-order chi connectivity index (χ0) is 62.7. The van der Waals surface area contributed by atoms with Crippen molar-refractivity contribution in [2.45, 2.75) is 137 Å². The number of anilines is 1. The molecule has 5 heterocycles. The van der Waals surface area contributed by atoms with Crippen LogP contribution in [0.2, 0.25) is 0 Å². The quantitative estimate of drug-likeness (QED) is 0.0245. The van der Waals surface area contributed by atoms with Gasteiger partial charge >= 0.3 is 18.2 Å². The number of aliphatic hydroxyl groups is 1. The number of aromatic nitrogens is 2. The molecule has 0 saturated carbocycles. The minimum Gasteiger partial charge on any atom is -0.508 e. The number of amidine groups is 2. The Balaban J connectivity index is 0.000000256. The lowest BCUT2D eigenvalue weighted by atomic mass is 9.85. The van der Waals surface area contributed by atoms with Gasteiger partial charge in [-0.1, -0.05) is 64.1 Å². The van der Waals surface area contributed by atoms with Gasteiger partial charge in [-0.15, -0.1) is 0 Å². The molecular weight excluding hydrogens is 1120 g/mol. The number of piperidine rings is 1. The van der Waals surface area contributed by atoms with E-state index in [1.807, 2.05) is 38.1 Å². The maximum atomic E-state index is 14.5. The van der Waals surface area contributed by atoms with Crippen LogP contribution in [0.1, 0.15) is 134 Å². The van der Waals surface area contributed by atoms with Crippen LogP contribution in [0.5, 0.6) is 11.5 Å². The van der Waals surface area contributed by atoms with Gasteiger partial charge in [0, 0.05) is 47.4 Å². The standard InChI is InChI=1S/C39H48F3N7O6.C22H17FN2O4.C2H6/c1-23(2)29-18-30(32(51)19-31(29)50)33(43)49(34(44)35(52)47-22-39(40,41)42)28-11-9-24(10-12-28)17-25-13-15-48(16-14-25)21-27-7-5-26(6-8-27)20-46-37(54)55-38(3,4)36(45)53;1-9-10-3-2-4-11-13-7-25-17(19(13)24-16(18(10)11)6-15(9)23)5-12-14(21(25)27)8-29-22(28)20(12)26;1-2/h5-12,18-19,23,25,43-44,50-51H,13-17,20-22H2,1-4H3,(H2,45,53)(H,46,54)(H,47,52);5-6,20,26H,2-4,7-8H2,1H3;1-2H3. The molecule has 1 aliphatic carbocycles. The first kappa shape index (κ1) is 63.3. The summed E-state index contributed by atoms with van der Waals surface area (Å²) in [6.07, 6.45) is -1.73. The molecule has 1 unspecified atom stereocenters. The number of alkyl carbamates (subject to hydrolysis) is 1. The van der Waals surface area contributed by atoms with Gasteiger partial charge in [0.25, 0.3) is 17.4 Å². The number of phenols is 2.